The Morgan fingerprint density at radius 2 is 1.58 bits per heavy atom. The van der Waals surface area contributed by atoms with Crippen LogP contribution in [0.15, 0.2) is 78.9 Å². The van der Waals surface area contributed by atoms with Crippen LogP contribution in [0.5, 0.6) is 17.2 Å². The second kappa shape index (κ2) is 12.5. The molecule has 0 aliphatic carbocycles. The molecule has 0 radical (unpaired) electrons. The van der Waals surface area contributed by atoms with Gasteiger partial charge in [-0.1, -0.05) is 30.3 Å². The van der Waals surface area contributed by atoms with Crippen LogP contribution in [0.2, 0.25) is 0 Å². The van der Waals surface area contributed by atoms with Gasteiger partial charge in [0.05, 0.1) is 20.8 Å². The molecule has 2 amide bonds. The Bertz CT molecular complexity index is 1230. The summed E-state index contributed by atoms with van der Waals surface area (Å²) >= 11 is 0. The number of esters is 1. The van der Waals surface area contributed by atoms with Gasteiger partial charge >= 0.3 is 18.2 Å². The highest BCUT2D eigenvalue weighted by Crippen LogP contribution is 2.23. The van der Waals surface area contributed by atoms with E-state index in [1.54, 1.807) is 53.4 Å². The topological polar surface area (TPSA) is 104 Å². The van der Waals surface area contributed by atoms with Crippen molar-refractivity contribution in [2.75, 3.05) is 38.8 Å². The lowest BCUT2D eigenvalue weighted by molar-refractivity contribution is -0.141. The number of carbonyl (C=O) groups is 3. The molecule has 10 nitrogen and oxygen atoms in total. The zero-order chi connectivity index (χ0) is 26.9. The fourth-order valence-electron chi connectivity index (χ4n) is 3.74. The van der Waals surface area contributed by atoms with Gasteiger partial charge in [-0.3, -0.25) is 14.6 Å². The number of carbonyl (C=O) groups excluding carboxylic acids is 3. The zero-order valence-corrected chi connectivity index (χ0v) is 21.1. The quantitative estimate of drug-likeness (QED) is 0.365. The molecule has 38 heavy (non-hydrogen) atoms. The summed E-state index contributed by atoms with van der Waals surface area (Å²) in [4.78, 5) is 39.7. The first-order chi connectivity index (χ1) is 18.4. The first-order valence-corrected chi connectivity index (χ1v) is 11.9. The number of hydrogen-bond donors (Lipinski definition) is 0. The SMILES string of the molecule is COC(=O)CN(Cc1ccc(OCC2CN(c3ccccc3)C(=O)O2)cc1)C(=O)Oc1ccc(OC)cc1. The van der Waals surface area contributed by atoms with Crippen LogP contribution < -0.4 is 19.1 Å². The van der Waals surface area contributed by atoms with E-state index in [9.17, 15) is 14.4 Å². The Hall–Kier alpha value is -4.73. The second-order valence-corrected chi connectivity index (χ2v) is 8.38. The molecule has 0 N–H and O–H groups in total. The van der Waals surface area contributed by atoms with E-state index in [0.29, 0.717) is 23.8 Å². The Morgan fingerprint density at radius 3 is 2.24 bits per heavy atom. The van der Waals surface area contributed by atoms with Crippen LogP contribution in [-0.4, -0.2) is 63.1 Å². The van der Waals surface area contributed by atoms with Crippen LogP contribution >= 0.6 is 0 Å². The number of benzene rings is 3. The monoisotopic (exact) mass is 520 g/mol. The van der Waals surface area contributed by atoms with Crippen LogP contribution in [0.4, 0.5) is 15.3 Å². The average Bonchev–Trinajstić information content (AvgIpc) is 3.33. The van der Waals surface area contributed by atoms with Gasteiger partial charge in [-0.05, 0) is 54.1 Å². The third-order valence-electron chi connectivity index (χ3n) is 5.75. The zero-order valence-electron chi connectivity index (χ0n) is 21.1. The van der Waals surface area contributed by atoms with Crippen molar-refractivity contribution in [1.82, 2.24) is 4.90 Å². The predicted molar refractivity (Wildman–Crippen MR) is 137 cm³/mol. The fourth-order valence-corrected chi connectivity index (χ4v) is 3.74. The van der Waals surface area contributed by atoms with Crippen molar-refractivity contribution in [1.29, 1.82) is 0 Å². The first-order valence-electron chi connectivity index (χ1n) is 11.9. The van der Waals surface area contributed by atoms with Crippen molar-refractivity contribution in [2.45, 2.75) is 12.6 Å². The van der Waals surface area contributed by atoms with Gasteiger partial charge < -0.3 is 23.7 Å². The minimum Gasteiger partial charge on any atom is -0.497 e. The van der Waals surface area contributed by atoms with Crippen LogP contribution in [0.3, 0.4) is 0 Å². The average molecular weight is 521 g/mol. The molecule has 1 saturated heterocycles. The summed E-state index contributed by atoms with van der Waals surface area (Å²) in [5, 5.41) is 0. The van der Waals surface area contributed by atoms with Gasteiger partial charge in [0.25, 0.3) is 0 Å². The van der Waals surface area contributed by atoms with Gasteiger partial charge in [0.2, 0.25) is 0 Å². The molecule has 1 atom stereocenters. The van der Waals surface area contributed by atoms with Gasteiger partial charge in [0, 0.05) is 12.2 Å². The molecule has 198 valence electrons. The maximum Gasteiger partial charge on any atom is 0.416 e. The molecular formula is C28H28N2O8. The van der Waals surface area contributed by atoms with Crippen molar-refractivity contribution in [3.63, 3.8) is 0 Å². The summed E-state index contributed by atoms with van der Waals surface area (Å²) in [5.41, 5.74) is 1.52. The lowest BCUT2D eigenvalue weighted by Gasteiger charge is -2.21. The van der Waals surface area contributed by atoms with E-state index in [-0.39, 0.29) is 19.7 Å². The molecule has 10 heteroatoms. The van der Waals surface area contributed by atoms with Crippen molar-refractivity contribution in [3.05, 3.63) is 84.4 Å². The highest BCUT2D eigenvalue weighted by atomic mass is 16.6. The molecular weight excluding hydrogens is 492 g/mol. The predicted octanol–water partition coefficient (Wildman–Crippen LogP) is 4.27. The van der Waals surface area contributed by atoms with Crippen LogP contribution in [0.25, 0.3) is 0 Å². The molecule has 1 aliphatic heterocycles. The van der Waals surface area contributed by atoms with E-state index in [0.717, 1.165) is 11.3 Å². The van der Waals surface area contributed by atoms with Crippen LogP contribution in [0.1, 0.15) is 5.56 Å². The van der Waals surface area contributed by atoms with Crippen molar-refractivity contribution < 1.29 is 38.1 Å². The molecule has 3 aromatic rings. The number of ether oxygens (including phenoxy) is 5. The minimum atomic E-state index is -0.702. The fraction of sp³-hybridized carbons (Fsp3) is 0.250. The van der Waals surface area contributed by atoms with Gasteiger partial charge in [-0.25, -0.2) is 9.59 Å². The van der Waals surface area contributed by atoms with E-state index in [2.05, 4.69) is 0 Å². The number of anilines is 1. The van der Waals surface area contributed by atoms with Crippen molar-refractivity contribution >= 4 is 23.8 Å². The highest BCUT2D eigenvalue weighted by Gasteiger charge is 2.32. The molecule has 4 rings (SSSR count). The van der Waals surface area contributed by atoms with E-state index in [1.807, 2.05) is 30.3 Å². The largest absolute Gasteiger partial charge is 0.497 e. The lowest BCUT2D eigenvalue weighted by atomic mass is 10.2. The van der Waals surface area contributed by atoms with Crippen molar-refractivity contribution in [3.8, 4) is 17.2 Å². The van der Waals surface area contributed by atoms with E-state index >= 15 is 0 Å². The molecule has 1 heterocycles. The molecule has 1 aliphatic rings. The minimum absolute atomic E-state index is 0.108. The molecule has 1 fully saturated rings. The Kier molecular flexibility index (Phi) is 8.65. The van der Waals surface area contributed by atoms with E-state index in [1.165, 1.54) is 19.1 Å². The van der Waals surface area contributed by atoms with Crippen LogP contribution in [-0.2, 0) is 20.8 Å². The van der Waals surface area contributed by atoms with E-state index < -0.39 is 24.3 Å². The third-order valence-corrected chi connectivity index (χ3v) is 5.75. The molecule has 0 aromatic heterocycles. The van der Waals surface area contributed by atoms with Crippen molar-refractivity contribution in [2.24, 2.45) is 0 Å². The Balaban J connectivity index is 1.33. The first kappa shape index (κ1) is 26.3. The summed E-state index contributed by atoms with van der Waals surface area (Å²) in [6.07, 6.45) is -1.52. The number of amides is 2. The Labute approximate surface area is 220 Å². The summed E-state index contributed by atoms with van der Waals surface area (Å²) in [6.45, 7) is 0.405. The van der Waals surface area contributed by atoms with Gasteiger partial charge in [-0.15, -0.1) is 0 Å². The Morgan fingerprint density at radius 1 is 0.921 bits per heavy atom. The van der Waals surface area contributed by atoms with Crippen LogP contribution in [0, 0.1) is 0 Å². The lowest BCUT2D eigenvalue weighted by Crippen LogP contribution is -2.37. The smallest absolute Gasteiger partial charge is 0.416 e. The maximum atomic E-state index is 12.8. The number of nitrogens with zero attached hydrogens (tertiary/aromatic N) is 2. The normalized spacial score (nSPS) is 14.4. The molecule has 0 bridgehead atoms. The molecule has 0 saturated carbocycles. The number of para-hydroxylation sites is 1. The van der Waals surface area contributed by atoms with E-state index in [4.69, 9.17) is 23.7 Å². The number of rotatable bonds is 10. The number of cyclic esters (lactones) is 1. The summed E-state index contributed by atoms with van der Waals surface area (Å²) < 4.78 is 26.5. The number of methoxy groups -OCH3 is 2. The molecule has 0 spiro atoms. The summed E-state index contributed by atoms with van der Waals surface area (Å²) in [6, 6.07) is 22.9. The third kappa shape index (κ3) is 6.94. The van der Waals surface area contributed by atoms with Gasteiger partial charge in [0.1, 0.15) is 30.4 Å². The number of hydrogen-bond acceptors (Lipinski definition) is 8. The van der Waals surface area contributed by atoms with Gasteiger partial charge in [0.15, 0.2) is 6.10 Å². The maximum absolute atomic E-state index is 12.8. The highest BCUT2D eigenvalue weighted by molar-refractivity contribution is 5.89. The molecule has 1 unspecified atom stereocenters. The standard InChI is InChI=1S/C28H28N2O8/c1-34-22-12-14-24(15-13-22)37-27(32)29(18-26(31)35-2)16-20-8-10-23(11-9-20)36-19-25-17-30(28(33)38-25)21-6-4-3-5-7-21/h3-15,25H,16-19H2,1-2H3. The summed E-state index contributed by atoms with van der Waals surface area (Å²) in [5.74, 6) is 0.932. The van der Waals surface area contributed by atoms with Gasteiger partial charge in [-0.2, -0.15) is 0 Å². The second-order valence-electron chi connectivity index (χ2n) is 8.38. The summed E-state index contributed by atoms with van der Waals surface area (Å²) in [7, 11) is 2.79. The molecule has 3 aromatic carbocycles.